The third-order valence-corrected chi connectivity index (χ3v) is 20.3. The smallest absolute Gasteiger partial charge is 0.462 e. The minimum atomic E-state index is -4.96. The maximum atomic E-state index is 13.1. The summed E-state index contributed by atoms with van der Waals surface area (Å²) in [5.41, 5.74) is 0. The second kappa shape index (κ2) is 72.4. The molecule has 0 aliphatic heterocycles. The predicted molar refractivity (Wildman–Crippen MR) is 395 cm³/mol. The summed E-state index contributed by atoms with van der Waals surface area (Å²) in [7, 11) is -9.91. The lowest BCUT2D eigenvalue weighted by Crippen LogP contribution is -2.30. The van der Waals surface area contributed by atoms with E-state index in [4.69, 9.17) is 37.0 Å². The van der Waals surface area contributed by atoms with Gasteiger partial charge >= 0.3 is 39.5 Å². The topological polar surface area (TPSA) is 237 Å². The summed E-state index contributed by atoms with van der Waals surface area (Å²) in [5, 5.41) is 10.6. The van der Waals surface area contributed by atoms with Gasteiger partial charge in [-0.15, -0.1) is 0 Å². The van der Waals surface area contributed by atoms with Crippen molar-refractivity contribution in [1.82, 2.24) is 0 Å². The molecule has 0 heterocycles. The Bertz CT molecular complexity index is 1840. The molecule has 0 radical (unpaired) electrons. The molecule has 0 aromatic heterocycles. The van der Waals surface area contributed by atoms with E-state index in [9.17, 15) is 43.2 Å². The van der Waals surface area contributed by atoms with Gasteiger partial charge in [0.1, 0.15) is 19.3 Å². The van der Waals surface area contributed by atoms with Crippen LogP contribution >= 0.6 is 15.6 Å². The summed E-state index contributed by atoms with van der Waals surface area (Å²) >= 11 is 0. The van der Waals surface area contributed by atoms with Gasteiger partial charge in [-0.1, -0.05) is 368 Å². The van der Waals surface area contributed by atoms with Gasteiger partial charge in [0.2, 0.25) is 0 Å². The van der Waals surface area contributed by atoms with Crippen LogP contribution < -0.4 is 0 Å². The van der Waals surface area contributed by atoms with Crippen molar-refractivity contribution in [3.05, 3.63) is 0 Å². The predicted octanol–water partition coefficient (Wildman–Crippen LogP) is 23.4. The van der Waals surface area contributed by atoms with Crippen LogP contribution in [0.25, 0.3) is 0 Å². The van der Waals surface area contributed by atoms with Gasteiger partial charge < -0.3 is 33.8 Å². The Labute approximate surface area is 594 Å². The third kappa shape index (κ3) is 72.2. The molecule has 0 rings (SSSR count). The zero-order chi connectivity index (χ0) is 71.1. The van der Waals surface area contributed by atoms with E-state index in [-0.39, 0.29) is 25.7 Å². The number of aliphatic hydroxyl groups is 1. The largest absolute Gasteiger partial charge is 0.472 e. The molecule has 17 nitrogen and oxygen atoms in total. The fourth-order valence-corrected chi connectivity index (χ4v) is 13.7. The van der Waals surface area contributed by atoms with E-state index in [1.165, 1.54) is 250 Å². The number of carbonyl (C=O) groups is 4. The lowest BCUT2D eigenvalue weighted by Gasteiger charge is -2.21. The third-order valence-electron chi connectivity index (χ3n) is 18.4. The molecule has 19 heteroatoms. The number of ether oxygens (including phenoxy) is 4. The molecule has 0 saturated carbocycles. The van der Waals surface area contributed by atoms with Crippen molar-refractivity contribution in [1.29, 1.82) is 0 Å². The number of hydrogen-bond acceptors (Lipinski definition) is 15. The van der Waals surface area contributed by atoms with Crippen LogP contribution in [0, 0.1) is 0 Å². The molecule has 97 heavy (non-hydrogen) atoms. The zero-order valence-electron chi connectivity index (χ0n) is 63.1. The Kier molecular flexibility index (Phi) is 71.0. The SMILES string of the molecule is CCCCCCCCCCCCCCCCCCCCC(=O)OC[C@H](COP(=O)(O)OC[C@@H](O)COP(=O)(O)OC[C@@H](COC(=O)CCCCCCCCCC)OC(=O)CCCCCCCCCCCCCCC)OC(=O)CCCCCCCCCCCCCCCCCCCC. The molecule has 0 aromatic rings. The maximum absolute atomic E-state index is 13.1. The summed E-state index contributed by atoms with van der Waals surface area (Å²) in [6.07, 6.45) is 63.9. The molecular weight excluding hydrogens is 1270 g/mol. The normalized spacial score (nSPS) is 13.8. The van der Waals surface area contributed by atoms with Crippen molar-refractivity contribution in [2.24, 2.45) is 0 Å². The summed E-state index contributed by atoms with van der Waals surface area (Å²) in [6.45, 7) is 4.98. The number of carbonyl (C=O) groups excluding carboxylic acids is 4. The number of hydrogen-bond donors (Lipinski definition) is 3. The lowest BCUT2D eigenvalue weighted by atomic mass is 10.0. The molecule has 0 aliphatic carbocycles. The maximum Gasteiger partial charge on any atom is 0.472 e. The highest BCUT2D eigenvalue weighted by Crippen LogP contribution is 2.45. The number of phosphoric acid groups is 2. The van der Waals surface area contributed by atoms with Crippen LogP contribution in [0.2, 0.25) is 0 Å². The van der Waals surface area contributed by atoms with Gasteiger partial charge in [0.05, 0.1) is 26.4 Å². The molecule has 2 unspecified atom stereocenters. The van der Waals surface area contributed by atoms with Crippen molar-refractivity contribution in [3.8, 4) is 0 Å². The average molecular weight is 1420 g/mol. The molecule has 576 valence electrons. The first kappa shape index (κ1) is 95.1. The van der Waals surface area contributed by atoms with Crippen LogP contribution in [0.1, 0.15) is 419 Å². The van der Waals surface area contributed by atoms with E-state index in [2.05, 4.69) is 27.7 Å². The standard InChI is InChI=1S/C78H152O17P2/c1-5-9-13-17-21-25-28-31-33-35-37-39-42-44-47-51-55-59-63-76(81)89-69-74(95-78(83)65-61-57-53-49-46-43-40-38-36-34-32-29-26-22-18-14-10-6-2)71-93-97(86,87)91-67-72(79)66-90-96(84,85)92-70-73(68-88-75(80)62-58-54-50-24-20-16-12-8-4)94-77(82)64-60-56-52-48-45-41-30-27-23-19-15-11-7-3/h72-74,79H,5-71H2,1-4H3,(H,84,85)(H,86,87)/t72-,73+,74+/m0/s1. The number of esters is 4. The van der Waals surface area contributed by atoms with Crippen LogP contribution in [0.3, 0.4) is 0 Å². The van der Waals surface area contributed by atoms with Gasteiger partial charge in [-0.05, 0) is 25.7 Å². The van der Waals surface area contributed by atoms with E-state index in [1.807, 2.05) is 0 Å². The van der Waals surface area contributed by atoms with Crippen molar-refractivity contribution in [3.63, 3.8) is 0 Å². The molecule has 0 bridgehead atoms. The molecule has 0 saturated heterocycles. The van der Waals surface area contributed by atoms with Crippen LogP contribution in [-0.4, -0.2) is 96.7 Å². The summed E-state index contributed by atoms with van der Waals surface area (Å²) in [5.74, 6) is -2.11. The molecule has 0 amide bonds. The highest BCUT2D eigenvalue weighted by atomic mass is 31.2. The van der Waals surface area contributed by atoms with Crippen molar-refractivity contribution < 1.29 is 80.2 Å². The van der Waals surface area contributed by atoms with E-state index in [1.54, 1.807) is 0 Å². The highest BCUT2D eigenvalue weighted by molar-refractivity contribution is 7.47. The number of phosphoric ester groups is 2. The molecular formula is C78H152O17P2. The zero-order valence-corrected chi connectivity index (χ0v) is 64.8. The summed E-state index contributed by atoms with van der Waals surface area (Å²) in [4.78, 5) is 72.8. The molecule has 0 aliphatic rings. The van der Waals surface area contributed by atoms with E-state index < -0.39 is 97.5 Å². The monoisotopic (exact) mass is 1420 g/mol. The minimum absolute atomic E-state index is 0.108. The summed E-state index contributed by atoms with van der Waals surface area (Å²) < 4.78 is 68.5. The van der Waals surface area contributed by atoms with Gasteiger partial charge in [0.15, 0.2) is 12.2 Å². The average Bonchev–Trinajstić information content (AvgIpc) is 0.992. The van der Waals surface area contributed by atoms with Crippen LogP contribution in [-0.2, 0) is 65.4 Å². The quantitative estimate of drug-likeness (QED) is 0.0222. The molecule has 5 atom stereocenters. The number of rotatable bonds is 79. The van der Waals surface area contributed by atoms with Gasteiger partial charge in [0.25, 0.3) is 0 Å². The first-order valence-corrected chi connectivity index (χ1v) is 43.8. The summed E-state index contributed by atoms with van der Waals surface area (Å²) in [6, 6.07) is 0. The van der Waals surface area contributed by atoms with Gasteiger partial charge in [-0.2, -0.15) is 0 Å². The van der Waals surface area contributed by atoms with Crippen LogP contribution in [0.15, 0.2) is 0 Å². The van der Waals surface area contributed by atoms with E-state index >= 15 is 0 Å². The molecule has 0 fully saturated rings. The van der Waals surface area contributed by atoms with Crippen molar-refractivity contribution in [2.45, 2.75) is 438 Å². The Morgan fingerprint density at radius 3 is 0.608 bits per heavy atom. The number of unbranched alkanes of at least 4 members (excludes halogenated alkanes) is 53. The Balaban J connectivity index is 5.20. The Morgan fingerprint density at radius 2 is 0.412 bits per heavy atom. The lowest BCUT2D eigenvalue weighted by molar-refractivity contribution is -0.161. The van der Waals surface area contributed by atoms with E-state index in [0.29, 0.717) is 25.7 Å². The van der Waals surface area contributed by atoms with Gasteiger partial charge in [-0.25, -0.2) is 9.13 Å². The van der Waals surface area contributed by atoms with Crippen LogP contribution in [0.4, 0.5) is 0 Å². The second-order valence-electron chi connectivity index (χ2n) is 28.1. The van der Waals surface area contributed by atoms with Gasteiger partial charge in [-0.3, -0.25) is 37.3 Å². The fraction of sp³-hybridized carbons (Fsp3) is 0.949. The van der Waals surface area contributed by atoms with Crippen molar-refractivity contribution in [2.75, 3.05) is 39.6 Å². The second-order valence-corrected chi connectivity index (χ2v) is 31.0. The first-order chi connectivity index (χ1) is 47.2. The molecule has 3 N–H and O–H groups in total. The first-order valence-electron chi connectivity index (χ1n) is 40.8. The molecule has 0 aromatic carbocycles. The fourth-order valence-electron chi connectivity index (χ4n) is 12.1. The Morgan fingerprint density at radius 1 is 0.247 bits per heavy atom. The minimum Gasteiger partial charge on any atom is -0.462 e. The molecule has 0 spiro atoms. The van der Waals surface area contributed by atoms with Crippen molar-refractivity contribution >= 4 is 39.5 Å². The van der Waals surface area contributed by atoms with Gasteiger partial charge in [0, 0.05) is 25.7 Å². The highest BCUT2D eigenvalue weighted by Gasteiger charge is 2.30. The Hall–Kier alpha value is -1.94. The van der Waals surface area contributed by atoms with Crippen LogP contribution in [0.5, 0.6) is 0 Å². The number of aliphatic hydroxyl groups excluding tert-OH is 1. The van der Waals surface area contributed by atoms with E-state index in [0.717, 1.165) is 89.9 Å².